The molecule has 0 spiro atoms. The first-order valence-corrected chi connectivity index (χ1v) is 14.1. The summed E-state index contributed by atoms with van der Waals surface area (Å²) in [5.41, 5.74) is 2.84. The Labute approximate surface area is 240 Å². The number of hydrogen-bond donors (Lipinski definition) is 1. The zero-order valence-electron chi connectivity index (χ0n) is 23.9. The van der Waals surface area contributed by atoms with Gasteiger partial charge in [-0.15, -0.1) is 0 Å². The van der Waals surface area contributed by atoms with Crippen molar-refractivity contribution in [2.45, 2.75) is 59.2 Å². The number of carbonyl (C=O) groups excluding carboxylic acids is 2. The lowest BCUT2D eigenvalue weighted by Crippen LogP contribution is -2.29. The SMILES string of the molecule is CCOc1cc(C2/C(=C(/O)c3ccc4c(c3)CC(C)O4)C(=O)C(=O)N2Cc2cccnc2)ccc1OCCC(C)C. The Bertz CT molecular complexity index is 1470. The van der Waals surface area contributed by atoms with Crippen LogP contribution in [0.5, 0.6) is 17.2 Å². The number of likely N-dealkylation sites (tertiary alicyclic amines) is 1. The first-order valence-electron chi connectivity index (χ1n) is 14.1. The maximum Gasteiger partial charge on any atom is 0.295 e. The number of aliphatic hydroxyl groups is 1. The van der Waals surface area contributed by atoms with E-state index in [1.165, 1.54) is 4.90 Å². The Kier molecular flexibility index (Phi) is 8.28. The second kappa shape index (κ2) is 12.0. The number of ketones is 1. The number of fused-ring (bicyclic) bond motifs is 1. The van der Waals surface area contributed by atoms with Crippen LogP contribution in [0.2, 0.25) is 0 Å². The molecule has 8 heteroatoms. The molecule has 41 heavy (non-hydrogen) atoms. The molecule has 3 heterocycles. The van der Waals surface area contributed by atoms with Crippen LogP contribution in [0.15, 0.2) is 66.5 Å². The number of benzene rings is 2. The van der Waals surface area contributed by atoms with Gasteiger partial charge in [0.1, 0.15) is 17.6 Å². The predicted octanol–water partition coefficient (Wildman–Crippen LogP) is 5.85. The van der Waals surface area contributed by atoms with Crippen molar-refractivity contribution < 1.29 is 28.9 Å². The van der Waals surface area contributed by atoms with Gasteiger partial charge in [0, 0.05) is 30.9 Å². The molecule has 3 aromatic rings. The maximum atomic E-state index is 13.6. The standard InChI is InChI=1S/C33H36N2O6/c1-5-39-28-17-23(8-11-27(28)40-14-12-20(2)3)30-29(31(36)24-9-10-26-25(16-24)15-21(4)41-26)32(37)33(38)35(30)19-22-7-6-13-34-18-22/h6-11,13,16-18,20-21,30,36H,5,12,14-15,19H2,1-4H3/b31-29-. The van der Waals surface area contributed by atoms with Crippen LogP contribution in [0.3, 0.4) is 0 Å². The molecule has 1 fully saturated rings. The van der Waals surface area contributed by atoms with E-state index in [9.17, 15) is 14.7 Å². The lowest BCUT2D eigenvalue weighted by atomic mass is 9.94. The van der Waals surface area contributed by atoms with Crippen molar-refractivity contribution in [2.75, 3.05) is 13.2 Å². The molecule has 8 nitrogen and oxygen atoms in total. The number of nitrogens with zero attached hydrogens (tertiary/aromatic N) is 2. The Morgan fingerprint density at radius 1 is 1.12 bits per heavy atom. The van der Waals surface area contributed by atoms with Gasteiger partial charge in [-0.3, -0.25) is 14.6 Å². The average molecular weight is 557 g/mol. The monoisotopic (exact) mass is 556 g/mol. The van der Waals surface area contributed by atoms with E-state index in [1.54, 1.807) is 42.7 Å². The van der Waals surface area contributed by atoms with Crippen molar-refractivity contribution in [2.24, 2.45) is 5.92 Å². The van der Waals surface area contributed by atoms with E-state index in [0.29, 0.717) is 48.2 Å². The zero-order chi connectivity index (χ0) is 29.1. The van der Waals surface area contributed by atoms with Gasteiger partial charge in [0.25, 0.3) is 11.7 Å². The van der Waals surface area contributed by atoms with Crippen molar-refractivity contribution in [1.82, 2.24) is 9.88 Å². The van der Waals surface area contributed by atoms with Crippen molar-refractivity contribution in [3.63, 3.8) is 0 Å². The maximum absolute atomic E-state index is 13.6. The van der Waals surface area contributed by atoms with Gasteiger partial charge >= 0.3 is 0 Å². The molecule has 5 rings (SSSR count). The summed E-state index contributed by atoms with van der Waals surface area (Å²) < 4.78 is 17.8. The van der Waals surface area contributed by atoms with Gasteiger partial charge in [-0.25, -0.2) is 0 Å². The molecular weight excluding hydrogens is 520 g/mol. The van der Waals surface area contributed by atoms with Crippen LogP contribution < -0.4 is 14.2 Å². The van der Waals surface area contributed by atoms with Crippen LogP contribution in [0.1, 0.15) is 62.4 Å². The van der Waals surface area contributed by atoms with Gasteiger partial charge in [-0.05, 0) is 79.3 Å². The highest BCUT2D eigenvalue weighted by Crippen LogP contribution is 2.43. The van der Waals surface area contributed by atoms with Crippen LogP contribution in [0.25, 0.3) is 5.76 Å². The molecule has 214 valence electrons. The van der Waals surface area contributed by atoms with Crippen LogP contribution in [0, 0.1) is 5.92 Å². The summed E-state index contributed by atoms with van der Waals surface area (Å²) >= 11 is 0. The summed E-state index contributed by atoms with van der Waals surface area (Å²) in [6, 6.07) is 13.6. The Hall–Kier alpha value is -4.33. The normalized spacial score (nSPS) is 19.4. The van der Waals surface area contributed by atoms with E-state index < -0.39 is 17.7 Å². The summed E-state index contributed by atoms with van der Waals surface area (Å²) in [4.78, 5) is 32.7. The van der Waals surface area contributed by atoms with Gasteiger partial charge in [-0.2, -0.15) is 0 Å². The first-order chi connectivity index (χ1) is 19.8. The second-order valence-electron chi connectivity index (χ2n) is 10.9. The summed E-state index contributed by atoms with van der Waals surface area (Å²) in [7, 11) is 0. The highest BCUT2D eigenvalue weighted by molar-refractivity contribution is 6.46. The van der Waals surface area contributed by atoms with Gasteiger partial charge in [0.05, 0.1) is 24.8 Å². The minimum absolute atomic E-state index is 0.0294. The molecule has 0 bridgehead atoms. The Morgan fingerprint density at radius 3 is 2.68 bits per heavy atom. The van der Waals surface area contributed by atoms with Gasteiger partial charge in [-0.1, -0.05) is 26.0 Å². The molecule has 0 aliphatic carbocycles. The number of hydrogen-bond acceptors (Lipinski definition) is 7. The molecule has 1 aromatic heterocycles. The fourth-order valence-corrected chi connectivity index (χ4v) is 5.29. The molecule has 1 amide bonds. The number of rotatable bonds is 10. The van der Waals surface area contributed by atoms with E-state index in [-0.39, 0.29) is 24.0 Å². The van der Waals surface area contributed by atoms with Gasteiger partial charge in [0.2, 0.25) is 0 Å². The quantitative estimate of drug-likeness (QED) is 0.190. The minimum Gasteiger partial charge on any atom is -0.507 e. The molecule has 2 unspecified atom stereocenters. The largest absolute Gasteiger partial charge is 0.507 e. The molecule has 1 saturated heterocycles. The Balaban J connectivity index is 1.60. The summed E-state index contributed by atoms with van der Waals surface area (Å²) in [5, 5.41) is 11.6. The summed E-state index contributed by atoms with van der Waals surface area (Å²) in [6.07, 6.45) is 4.94. The molecular formula is C33H36N2O6. The molecule has 1 N–H and O–H groups in total. The van der Waals surface area contributed by atoms with Gasteiger partial charge < -0.3 is 24.2 Å². The third-order valence-electron chi connectivity index (χ3n) is 7.32. The summed E-state index contributed by atoms with van der Waals surface area (Å²) in [5.74, 6) is 0.714. The van der Waals surface area contributed by atoms with Crippen LogP contribution >= 0.6 is 0 Å². The van der Waals surface area contributed by atoms with Crippen LogP contribution in [-0.4, -0.2) is 46.0 Å². The number of Topliss-reactive ketones (excluding diaryl/α,β-unsaturated/α-hetero) is 1. The smallest absolute Gasteiger partial charge is 0.295 e. The van der Waals surface area contributed by atoms with Crippen molar-refractivity contribution >= 4 is 17.4 Å². The van der Waals surface area contributed by atoms with Crippen LogP contribution in [-0.2, 0) is 22.6 Å². The Morgan fingerprint density at radius 2 is 1.95 bits per heavy atom. The molecule has 0 radical (unpaired) electrons. The molecule has 2 aliphatic rings. The topological polar surface area (TPSA) is 98.2 Å². The third-order valence-corrected chi connectivity index (χ3v) is 7.32. The number of ether oxygens (including phenoxy) is 3. The second-order valence-corrected chi connectivity index (χ2v) is 10.9. The van der Waals surface area contributed by atoms with E-state index in [0.717, 1.165) is 23.3 Å². The molecule has 2 aliphatic heterocycles. The van der Waals surface area contributed by atoms with Crippen molar-refractivity contribution in [3.8, 4) is 17.2 Å². The highest BCUT2D eigenvalue weighted by Gasteiger charge is 2.46. The lowest BCUT2D eigenvalue weighted by Gasteiger charge is -2.26. The zero-order valence-corrected chi connectivity index (χ0v) is 23.9. The molecule has 2 atom stereocenters. The summed E-state index contributed by atoms with van der Waals surface area (Å²) in [6.45, 7) is 9.23. The van der Waals surface area contributed by atoms with Crippen molar-refractivity contribution in [1.29, 1.82) is 0 Å². The van der Waals surface area contributed by atoms with Crippen molar-refractivity contribution in [3.05, 3.63) is 88.8 Å². The van der Waals surface area contributed by atoms with E-state index in [1.807, 2.05) is 32.0 Å². The first kappa shape index (κ1) is 28.2. The molecule has 2 aromatic carbocycles. The number of carbonyl (C=O) groups is 2. The fraction of sp³-hybridized carbons (Fsp3) is 0.364. The van der Waals surface area contributed by atoms with Gasteiger partial charge in [0.15, 0.2) is 11.5 Å². The predicted molar refractivity (Wildman–Crippen MR) is 155 cm³/mol. The number of pyridine rings is 1. The van der Waals surface area contributed by atoms with E-state index in [2.05, 4.69) is 18.8 Å². The average Bonchev–Trinajstić information content (AvgIpc) is 3.45. The lowest BCUT2D eigenvalue weighted by molar-refractivity contribution is -0.140. The minimum atomic E-state index is -0.845. The number of amides is 1. The van der Waals surface area contributed by atoms with Crippen LogP contribution in [0.4, 0.5) is 0 Å². The van der Waals surface area contributed by atoms with E-state index in [4.69, 9.17) is 14.2 Å². The fourth-order valence-electron chi connectivity index (χ4n) is 5.29. The highest BCUT2D eigenvalue weighted by atomic mass is 16.5. The number of aromatic nitrogens is 1. The van der Waals surface area contributed by atoms with E-state index >= 15 is 0 Å². The number of aliphatic hydroxyl groups excluding tert-OH is 1. The third kappa shape index (κ3) is 5.92. The molecule has 0 saturated carbocycles.